The highest BCUT2D eigenvalue weighted by molar-refractivity contribution is 5.74. The lowest BCUT2D eigenvalue weighted by atomic mass is 10.2. The van der Waals surface area contributed by atoms with E-state index in [2.05, 4.69) is 12.2 Å². The third-order valence-corrected chi connectivity index (χ3v) is 3.57. The third-order valence-electron chi connectivity index (χ3n) is 3.57. The molecule has 2 aliphatic rings. The Labute approximate surface area is 109 Å². The van der Waals surface area contributed by atoms with Crippen molar-refractivity contribution >= 4 is 6.03 Å². The van der Waals surface area contributed by atoms with Crippen LogP contribution in [0.4, 0.5) is 4.79 Å². The quantitative estimate of drug-likeness (QED) is 0.781. The van der Waals surface area contributed by atoms with Crippen LogP contribution in [0, 0.1) is 0 Å². The van der Waals surface area contributed by atoms with E-state index >= 15 is 0 Å². The fourth-order valence-electron chi connectivity index (χ4n) is 2.36. The molecule has 1 heterocycles. The second kappa shape index (κ2) is 6.38. The Balaban J connectivity index is 1.70. The maximum absolute atomic E-state index is 12.1. The summed E-state index contributed by atoms with van der Waals surface area (Å²) in [6, 6.07) is 0.532. The molecule has 1 aliphatic carbocycles. The lowest BCUT2D eigenvalue weighted by Crippen LogP contribution is -2.44. The Morgan fingerprint density at radius 1 is 1.50 bits per heavy atom. The van der Waals surface area contributed by atoms with Gasteiger partial charge in [0.15, 0.2) is 0 Å². The summed E-state index contributed by atoms with van der Waals surface area (Å²) < 4.78 is 10.8. The molecule has 0 radical (unpaired) electrons. The molecule has 1 N–H and O–H groups in total. The first-order valence-electron chi connectivity index (χ1n) is 6.93. The van der Waals surface area contributed by atoms with Gasteiger partial charge in [-0.15, -0.1) is 0 Å². The van der Waals surface area contributed by atoms with Gasteiger partial charge in [-0.05, 0) is 19.3 Å². The summed E-state index contributed by atoms with van der Waals surface area (Å²) in [5.41, 5.74) is 0. The normalized spacial score (nSPS) is 27.2. The smallest absolute Gasteiger partial charge is 0.317 e. The van der Waals surface area contributed by atoms with Crippen molar-refractivity contribution in [1.29, 1.82) is 0 Å². The molecule has 2 unspecified atom stereocenters. The summed E-state index contributed by atoms with van der Waals surface area (Å²) >= 11 is 0. The first-order valence-corrected chi connectivity index (χ1v) is 6.93. The standard InChI is InChI=1S/C13H24N2O3/c1-3-6-15(10-4-5-10)13(16)14-8-11-7-12(17-2)9-18-11/h10-12H,3-9H2,1-2H3,(H,14,16). The Hall–Kier alpha value is -0.810. The summed E-state index contributed by atoms with van der Waals surface area (Å²) in [5.74, 6) is 0. The van der Waals surface area contributed by atoms with Gasteiger partial charge >= 0.3 is 6.03 Å². The highest BCUT2D eigenvalue weighted by Crippen LogP contribution is 2.27. The van der Waals surface area contributed by atoms with Crippen LogP contribution in [0.25, 0.3) is 0 Å². The predicted octanol–water partition coefficient (Wildman–Crippen LogP) is 1.37. The van der Waals surface area contributed by atoms with Gasteiger partial charge in [-0.1, -0.05) is 6.92 Å². The molecule has 5 heteroatoms. The van der Waals surface area contributed by atoms with Gasteiger partial charge in [-0.2, -0.15) is 0 Å². The van der Waals surface area contributed by atoms with Gasteiger partial charge < -0.3 is 19.7 Å². The van der Waals surface area contributed by atoms with E-state index in [9.17, 15) is 4.79 Å². The van der Waals surface area contributed by atoms with Crippen molar-refractivity contribution in [2.75, 3.05) is 26.8 Å². The van der Waals surface area contributed by atoms with Crippen molar-refractivity contribution in [2.45, 2.75) is 50.9 Å². The second-order valence-electron chi connectivity index (χ2n) is 5.16. The minimum atomic E-state index is 0.0591. The van der Waals surface area contributed by atoms with Crippen LogP contribution >= 0.6 is 0 Å². The molecule has 5 nitrogen and oxygen atoms in total. The molecule has 0 aromatic heterocycles. The van der Waals surface area contributed by atoms with Crippen molar-refractivity contribution in [2.24, 2.45) is 0 Å². The molecule has 2 rings (SSSR count). The number of methoxy groups -OCH3 is 1. The van der Waals surface area contributed by atoms with E-state index in [4.69, 9.17) is 9.47 Å². The van der Waals surface area contributed by atoms with Gasteiger partial charge in [0.05, 0.1) is 18.8 Å². The Kier molecular flexibility index (Phi) is 4.83. The molecule has 2 fully saturated rings. The molecule has 0 aromatic carbocycles. The van der Waals surface area contributed by atoms with Crippen LogP contribution in [0.15, 0.2) is 0 Å². The zero-order chi connectivity index (χ0) is 13.0. The fraction of sp³-hybridized carbons (Fsp3) is 0.923. The average molecular weight is 256 g/mol. The van der Waals surface area contributed by atoms with Crippen molar-refractivity contribution in [3.63, 3.8) is 0 Å². The zero-order valence-electron chi connectivity index (χ0n) is 11.4. The maximum Gasteiger partial charge on any atom is 0.317 e. The van der Waals surface area contributed by atoms with Gasteiger partial charge in [0, 0.05) is 32.7 Å². The summed E-state index contributed by atoms with van der Waals surface area (Å²) in [5, 5.41) is 2.98. The minimum absolute atomic E-state index is 0.0591. The Bertz CT molecular complexity index is 281. The van der Waals surface area contributed by atoms with Crippen LogP contribution in [0.2, 0.25) is 0 Å². The van der Waals surface area contributed by atoms with Crippen molar-refractivity contribution in [3.8, 4) is 0 Å². The lowest BCUT2D eigenvalue weighted by molar-refractivity contribution is 0.0670. The van der Waals surface area contributed by atoms with Crippen LogP contribution in [0.1, 0.15) is 32.6 Å². The molecular weight excluding hydrogens is 232 g/mol. The van der Waals surface area contributed by atoms with Gasteiger partial charge in [-0.25, -0.2) is 4.79 Å². The monoisotopic (exact) mass is 256 g/mol. The van der Waals surface area contributed by atoms with Crippen LogP contribution < -0.4 is 5.32 Å². The first kappa shape index (κ1) is 13.6. The number of ether oxygens (including phenoxy) is 2. The molecule has 2 amide bonds. The average Bonchev–Trinajstić information content (AvgIpc) is 3.11. The van der Waals surface area contributed by atoms with Crippen molar-refractivity contribution in [3.05, 3.63) is 0 Å². The topological polar surface area (TPSA) is 50.8 Å². The predicted molar refractivity (Wildman–Crippen MR) is 68.6 cm³/mol. The highest BCUT2D eigenvalue weighted by Gasteiger charge is 2.32. The largest absolute Gasteiger partial charge is 0.379 e. The number of carbonyl (C=O) groups is 1. The number of nitrogens with zero attached hydrogens (tertiary/aromatic N) is 1. The molecule has 1 saturated carbocycles. The number of hydrogen-bond donors (Lipinski definition) is 1. The van der Waals surface area contributed by atoms with E-state index in [0.29, 0.717) is 19.2 Å². The molecule has 18 heavy (non-hydrogen) atoms. The molecule has 0 aromatic rings. The summed E-state index contributed by atoms with van der Waals surface area (Å²) in [6.45, 7) is 4.18. The van der Waals surface area contributed by atoms with E-state index in [0.717, 1.165) is 32.2 Å². The number of rotatable bonds is 6. The summed E-state index contributed by atoms with van der Waals surface area (Å²) in [4.78, 5) is 14.0. The minimum Gasteiger partial charge on any atom is -0.379 e. The molecule has 0 bridgehead atoms. The number of nitrogens with one attached hydrogen (secondary N) is 1. The van der Waals surface area contributed by atoms with E-state index in [1.807, 2.05) is 4.90 Å². The molecular formula is C13H24N2O3. The van der Waals surface area contributed by atoms with E-state index in [1.54, 1.807) is 7.11 Å². The zero-order valence-corrected chi connectivity index (χ0v) is 11.4. The Morgan fingerprint density at radius 2 is 2.28 bits per heavy atom. The number of hydrogen-bond acceptors (Lipinski definition) is 3. The van der Waals surface area contributed by atoms with Gasteiger partial charge in [0.1, 0.15) is 0 Å². The summed E-state index contributed by atoms with van der Waals surface area (Å²) in [7, 11) is 1.70. The van der Waals surface area contributed by atoms with E-state index in [1.165, 1.54) is 0 Å². The molecule has 104 valence electrons. The van der Waals surface area contributed by atoms with Crippen molar-refractivity contribution < 1.29 is 14.3 Å². The number of carbonyl (C=O) groups excluding carboxylic acids is 1. The molecule has 1 saturated heterocycles. The van der Waals surface area contributed by atoms with Gasteiger partial charge in [0.25, 0.3) is 0 Å². The first-order chi connectivity index (χ1) is 8.74. The highest BCUT2D eigenvalue weighted by atomic mass is 16.5. The second-order valence-corrected chi connectivity index (χ2v) is 5.16. The van der Waals surface area contributed by atoms with Crippen LogP contribution in [0.3, 0.4) is 0 Å². The fourth-order valence-corrected chi connectivity index (χ4v) is 2.36. The van der Waals surface area contributed by atoms with E-state index in [-0.39, 0.29) is 18.2 Å². The molecule has 0 spiro atoms. The SMILES string of the molecule is CCCN(C(=O)NCC1CC(OC)CO1)C1CC1. The van der Waals surface area contributed by atoms with E-state index < -0.39 is 0 Å². The van der Waals surface area contributed by atoms with Gasteiger partial charge in [-0.3, -0.25) is 0 Å². The maximum atomic E-state index is 12.1. The number of urea groups is 1. The summed E-state index contributed by atoms with van der Waals surface area (Å²) in [6.07, 6.45) is 4.46. The lowest BCUT2D eigenvalue weighted by Gasteiger charge is -2.23. The van der Waals surface area contributed by atoms with Gasteiger partial charge in [0.2, 0.25) is 0 Å². The van der Waals surface area contributed by atoms with Crippen LogP contribution in [0.5, 0.6) is 0 Å². The van der Waals surface area contributed by atoms with Crippen LogP contribution in [-0.4, -0.2) is 56.0 Å². The molecule has 1 aliphatic heterocycles. The third kappa shape index (κ3) is 3.59. The van der Waals surface area contributed by atoms with Crippen molar-refractivity contribution in [1.82, 2.24) is 10.2 Å². The number of amides is 2. The van der Waals surface area contributed by atoms with Crippen LogP contribution in [-0.2, 0) is 9.47 Å². The Morgan fingerprint density at radius 3 is 2.83 bits per heavy atom. The molecule has 2 atom stereocenters.